The number of nitrogens with two attached hydrogens (primary N) is 1. The Hall–Kier alpha value is -1.69. The quantitative estimate of drug-likeness (QED) is 0.423. The van der Waals surface area contributed by atoms with Gasteiger partial charge in [0.15, 0.2) is 5.76 Å². The van der Waals surface area contributed by atoms with E-state index >= 15 is 0 Å². The fraction of sp³-hybridized carbons (Fsp3) is 0.286. The fourth-order valence-corrected chi connectivity index (χ4v) is 0.783. The predicted octanol–water partition coefficient (Wildman–Crippen LogP) is 0.718. The average Bonchev–Trinajstić information content (AvgIpc) is 2.50. The summed E-state index contributed by atoms with van der Waals surface area (Å²) < 4.78 is 4.64. The second-order valence-electron chi connectivity index (χ2n) is 2.55. The van der Waals surface area contributed by atoms with Gasteiger partial charge < -0.3 is 10.2 Å². The summed E-state index contributed by atoms with van der Waals surface area (Å²) in [4.78, 5) is 20.6. The highest BCUT2D eigenvalue weighted by Crippen LogP contribution is 2.16. The van der Waals surface area contributed by atoms with Crippen molar-refractivity contribution < 1.29 is 14.1 Å². The molecule has 0 aliphatic rings. The van der Waals surface area contributed by atoms with Gasteiger partial charge in [0.05, 0.1) is 12.1 Å². The summed E-state index contributed by atoms with van der Waals surface area (Å²) >= 11 is 0. The fourth-order valence-electron chi connectivity index (χ4n) is 0.783. The van der Waals surface area contributed by atoms with Crippen LogP contribution in [0.2, 0.25) is 0 Å². The predicted molar refractivity (Wildman–Crippen MR) is 43.3 cm³/mol. The van der Waals surface area contributed by atoms with E-state index in [4.69, 9.17) is 5.73 Å². The molecule has 0 aromatic carbocycles. The number of hydrogen-bond donors (Lipinski definition) is 1. The van der Waals surface area contributed by atoms with Crippen molar-refractivity contribution in [3.63, 3.8) is 0 Å². The Kier molecular flexibility index (Phi) is 2.43. The third kappa shape index (κ3) is 1.91. The Bertz CT molecular complexity index is 342. The monoisotopic (exact) mass is 184 g/mol. The van der Waals surface area contributed by atoms with Crippen molar-refractivity contribution in [1.82, 2.24) is 0 Å². The van der Waals surface area contributed by atoms with Gasteiger partial charge in [-0.2, -0.15) is 0 Å². The van der Waals surface area contributed by atoms with Crippen LogP contribution in [-0.2, 0) is 0 Å². The molecule has 0 radical (unpaired) electrons. The lowest BCUT2D eigenvalue weighted by molar-refractivity contribution is -0.402. The molecule has 1 heterocycles. The molecule has 0 aliphatic carbocycles. The lowest BCUT2D eigenvalue weighted by atomic mass is 10.2. The minimum Gasteiger partial charge on any atom is -0.397 e. The molecule has 2 N–H and O–H groups in total. The number of furan rings is 1. The van der Waals surface area contributed by atoms with Crippen LogP contribution < -0.4 is 5.73 Å². The largest absolute Gasteiger partial charge is 0.433 e. The Morgan fingerprint density at radius 3 is 2.69 bits per heavy atom. The number of Topliss-reactive ketones (excluding diaryl/α,β-unsaturated/α-hetero) is 1. The number of carbonyl (C=O) groups excluding carboxylic acids is 1. The van der Waals surface area contributed by atoms with E-state index in [9.17, 15) is 14.9 Å². The molecule has 70 valence electrons. The minimum absolute atomic E-state index is 0.0818. The molecule has 0 saturated heterocycles. The Labute approximate surface area is 73.5 Å². The van der Waals surface area contributed by atoms with Crippen molar-refractivity contribution in [2.45, 2.75) is 13.0 Å². The normalized spacial score (nSPS) is 12.5. The van der Waals surface area contributed by atoms with Crippen LogP contribution in [0.25, 0.3) is 0 Å². The highest BCUT2D eigenvalue weighted by atomic mass is 16.6. The summed E-state index contributed by atoms with van der Waals surface area (Å²) in [6.45, 7) is 1.48. The highest BCUT2D eigenvalue weighted by molar-refractivity contribution is 5.97. The third-order valence-electron chi connectivity index (χ3n) is 1.43. The summed E-state index contributed by atoms with van der Waals surface area (Å²) in [5, 5.41) is 10.2. The average molecular weight is 184 g/mol. The van der Waals surface area contributed by atoms with Gasteiger partial charge in [-0.3, -0.25) is 14.9 Å². The summed E-state index contributed by atoms with van der Waals surface area (Å²) in [6.07, 6.45) is 0. The molecule has 1 atom stereocenters. The second-order valence-corrected chi connectivity index (χ2v) is 2.55. The molecule has 1 unspecified atom stereocenters. The van der Waals surface area contributed by atoms with Gasteiger partial charge in [-0.25, -0.2) is 0 Å². The van der Waals surface area contributed by atoms with Crippen LogP contribution in [-0.4, -0.2) is 16.7 Å². The Morgan fingerprint density at radius 2 is 2.31 bits per heavy atom. The number of nitrogens with zero attached hydrogens (tertiary/aromatic N) is 1. The highest BCUT2D eigenvalue weighted by Gasteiger charge is 2.19. The topological polar surface area (TPSA) is 99.4 Å². The van der Waals surface area contributed by atoms with Crippen molar-refractivity contribution in [3.05, 3.63) is 28.0 Å². The van der Waals surface area contributed by atoms with E-state index in [2.05, 4.69) is 4.42 Å². The van der Waals surface area contributed by atoms with Gasteiger partial charge in [0.1, 0.15) is 4.92 Å². The van der Waals surface area contributed by atoms with Gasteiger partial charge in [-0.15, -0.1) is 0 Å². The van der Waals surface area contributed by atoms with E-state index in [1.807, 2.05) is 0 Å². The molecular weight excluding hydrogens is 176 g/mol. The summed E-state index contributed by atoms with van der Waals surface area (Å²) in [5.41, 5.74) is 5.27. The van der Waals surface area contributed by atoms with Crippen LogP contribution >= 0.6 is 0 Å². The molecule has 6 nitrogen and oxygen atoms in total. The van der Waals surface area contributed by atoms with E-state index in [0.717, 1.165) is 6.07 Å². The first kappa shape index (κ1) is 9.40. The van der Waals surface area contributed by atoms with Crippen LogP contribution in [0.4, 0.5) is 5.88 Å². The van der Waals surface area contributed by atoms with Gasteiger partial charge in [0.25, 0.3) is 0 Å². The number of carbonyl (C=O) groups is 1. The first-order valence-electron chi connectivity index (χ1n) is 3.56. The van der Waals surface area contributed by atoms with E-state index in [-0.39, 0.29) is 5.76 Å². The van der Waals surface area contributed by atoms with E-state index in [1.54, 1.807) is 0 Å². The molecule has 0 amide bonds. The van der Waals surface area contributed by atoms with Crippen LogP contribution in [0.5, 0.6) is 0 Å². The third-order valence-corrected chi connectivity index (χ3v) is 1.43. The maximum absolute atomic E-state index is 11.1. The van der Waals surface area contributed by atoms with Gasteiger partial charge >= 0.3 is 5.88 Å². The maximum Gasteiger partial charge on any atom is 0.433 e. The molecule has 0 aliphatic heterocycles. The van der Waals surface area contributed by atoms with Crippen molar-refractivity contribution in [2.24, 2.45) is 5.73 Å². The maximum atomic E-state index is 11.1. The number of hydrogen-bond acceptors (Lipinski definition) is 5. The molecular formula is C7H8N2O4. The zero-order chi connectivity index (χ0) is 10.0. The SMILES string of the molecule is CC(N)C(=O)c1ccc([N+](=O)[O-])o1. The Morgan fingerprint density at radius 1 is 1.69 bits per heavy atom. The van der Waals surface area contributed by atoms with Crippen LogP contribution in [0, 0.1) is 10.1 Å². The molecule has 0 bridgehead atoms. The lowest BCUT2D eigenvalue weighted by Crippen LogP contribution is -2.26. The van der Waals surface area contributed by atoms with Gasteiger partial charge in [0, 0.05) is 0 Å². The van der Waals surface area contributed by atoms with Gasteiger partial charge in [-0.1, -0.05) is 0 Å². The van der Waals surface area contributed by atoms with Crippen molar-refractivity contribution in [2.75, 3.05) is 0 Å². The van der Waals surface area contributed by atoms with Crippen LogP contribution in [0.1, 0.15) is 17.5 Å². The molecule has 0 spiro atoms. The summed E-state index contributed by atoms with van der Waals surface area (Å²) in [6, 6.07) is 1.64. The van der Waals surface area contributed by atoms with E-state index in [0.29, 0.717) is 0 Å². The summed E-state index contributed by atoms with van der Waals surface area (Å²) in [7, 11) is 0. The molecule has 6 heteroatoms. The second kappa shape index (κ2) is 3.36. The van der Waals surface area contributed by atoms with E-state index < -0.39 is 22.6 Å². The van der Waals surface area contributed by atoms with E-state index in [1.165, 1.54) is 13.0 Å². The zero-order valence-electron chi connectivity index (χ0n) is 6.89. The molecule has 0 saturated carbocycles. The van der Waals surface area contributed by atoms with Crippen LogP contribution in [0.15, 0.2) is 16.5 Å². The molecule has 13 heavy (non-hydrogen) atoms. The first-order valence-corrected chi connectivity index (χ1v) is 3.56. The zero-order valence-corrected chi connectivity index (χ0v) is 6.89. The first-order chi connectivity index (χ1) is 6.02. The van der Waals surface area contributed by atoms with Crippen LogP contribution in [0.3, 0.4) is 0 Å². The number of nitro groups is 1. The molecule has 1 aromatic heterocycles. The summed E-state index contributed by atoms with van der Waals surface area (Å²) in [5.74, 6) is -0.987. The minimum atomic E-state index is -0.717. The standard InChI is InChI=1S/C7H8N2O4/c1-4(8)7(10)5-2-3-6(13-5)9(11)12/h2-4H,8H2,1H3. The lowest BCUT2D eigenvalue weighted by Gasteiger charge is -1.97. The molecule has 1 rings (SSSR count). The number of ketones is 1. The van der Waals surface area contributed by atoms with Crippen molar-refractivity contribution in [1.29, 1.82) is 0 Å². The van der Waals surface area contributed by atoms with Gasteiger partial charge in [0.2, 0.25) is 5.78 Å². The molecule has 0 fully saturated rings. The van der Waals surface area contributed by atoms with Gasteiger partial charge in [-0.05, 0) is 13.0 Å². The molecule has 1 aromatic rings. The van der Waals surface area contributed by atoms with Crippen molar-refractivity contribution in [3.8, 4) is 0 Å². The Balaban J connectivity index is 2.92. The number of rotatable bonds is 3. The van der Waals surface area contributed by atoms with Crippen molar-refractivity contribution >= 4 is 11.7 Å². The smallest absolute Gasteiger partial charge is 0.397 e.